The van der Waals surface area contributed by atoms with Crippen LogP contribution in [-0.4, -0.2) is 13.6 Å². The number of hydrogen-bond acceptors (Lipinski definition) is 3. The second-order valence-electron chi connectivity index (χ2n) is 4.08. The van der Waals surface area contributed by atoms with Gasteiger partial charge >= 0.3 is 0 Å². The van der Waals surface area contributed by atoms with Crippen LogP contribution < -0.4 is 10.6 Å². The molecular weight excluding hydrogens is 315 g/mol. The Morgan fingerprint density at radius 3 is 2.83 bits per heavy atom. The van der Waals surface area contributed by atoms with E-state index in [0.29, 0.717) is 11.4 Å². The fourth-order valence-electron chi connectivity index (χ4n) is 1.81. The van der Waals surface area contributed by atoms with Gasteiger partial charge in [0.2, 0.25) is 0 Å². The number of hydrogen-bond donors (Lipinski definition) is 1. The molecular formula is C13H14BrFN2S. The first-order chi connectivity index (χ1) is 8.58. The molecule has 0 spiro atoms. The minimum Gasteiger partial charge on any atom is -0.397 e. The fourth-order valence-corrected chi connectivity index (χ4v) is 3.25. The molecule has 1 aromatic carbocycles. The molecule has 0 bridgehead atoms. The Morgan fingerprint density at radius 2 is 2.22 bits per heavy atom. The standard InChI is InChI=1S/C13H14BrFN2S/c1-17(6-5-10-7-9(14)8-18-10)13-11(15)3-2-4-12(13)16/h2-4,7-8H,5-6,16H2,1H3. The van der Waals surface area contributed by atoms with E-state index in [0.717, 1.165) is 17.4 Å². The third-order valence-electron chi connectivity index (χ3n) is 2.72. The number of rotatable bonds is 4. The lowest BCUT2D eigenvalue weighted by atomic mass is 10.2. The minimum absolute atomic E-state index is 0.273. The number of thiophene rings is 1. The summed E-state index contributed by atoms with van der Waals surface area (Å²) in [5, 5.41) is 2.05. The van der Waals surface area contributed by atoms with Gasteiger partial charge in [0.25, 0.3) is 0 Å². The van der Waals surface area contributed by atoms with Crippen LogP contribution in [-0.2, 0) is 6.42 Å². The van der Waals surface area contributed by atoms with Crippen LogP contribution in [0.15, 0.2) is 34.1 Å². The van der Waals surface area contributed by atoms with E-state index in [1.54, 1.807) is 23.5 Å². The Kier molecular flexibility index (Phi) is 4.24. The number of benzene rings is 1. The van der Waals surface area contributed by atoms with Crippen LogP contribution in [0.3, 0.4) is 0 Å². The van der Waals surface area contributed by atoms with Crippen LogP contribution in [0.4, 0.5) is 15.8 Å². The number of nitrogens with zero attached hydrogens (tertiary/aromatic N) is 1. The topological polar surface area (TPSA) is 29.3 Å². The first kappa shape index (κ1) is 13.4. The van der Waals surface area contributed by atoms with Gasteiger partial charge < -0.3 is 10.6 Å². The lowest BCUT2D eigenvalue weighted by Gasteiger charge is -2.21. The van der Waals surface area contributed by atoms with Crippen LogP contribution in [0.5, 0.6) is 0 Å². The van der Waals surface area contributed by atoms with Crippen molar-refractivity contribution in [1.29, 1.82) is 0 Å². The van der Waals surface area contributed by atoms with Crippen LogP contribution in [0.2, 0.25) is 0 Å². The zero-order chi connectivity index (χ0) is 13.1. The van der Waals surface area contributed by atoms with Gasteiger partial charge in [0.1, 0.15) is 5.82 Å². The summed E-state index contributed by atoms with van der Waals surface area (Å²) in [5.41, 5.74) is 6.77. The van der Waals surface area contributed by atoms with Crippen molar-refractivity contribution < 1.29 is 4.39 Å². The lowest BCUT2D eigenvalue weighted by molar-refractivity contribution is 0.623. The van der Waals surface area contributed by atoms with E-state index in [4.69, 9.17) is 5.73 Å². The van der Waals surface area contributed by atoms with Crippen LogP contribution in [0.25, 0.3) is 0 Å². The third-order valence-corrected chi connectivity index (χ3v) is 4.47. The van der Waals surface area contributed by atoms with E-state index in [1.165, 1.54) is 10.9 Å². The molecule has 0 aliphatic heterocycles. The molecule has 18 heavy (non-hydrogen) atoms. The molecule has 0 unspecified atom stereocenters. The second kappa shape index (κ2) is 5.71. The molecule has 0 saturated carbocycles. The van der Waals surface area contributed by atoms with Crippen molar-refractivity contribution in [2.24, 2.45) is 0 Å². The van der Waals surface area contributed by atoms with E-state index >= 15 is 0 Å². The minimum atomic E-state index is -0.273. The van der Waals surface area contributed by atoms with Gasteiger partial charge in [-0.05, 0) is 40.5 Å². The number of nitrogen functional groups attached to an aromatic ring is 1. The quantitative estimate of drug-likeness (QED) is 0.862. The molecule has 0 aliphatic carbocycles. The molecule has 0 radical (unpaired) electrons. The predicted molar refractivity (Wildman–Crippen MR) is 79.8 cm³/mol. The number of nitrogens with two attached hydrogens (primary N) is 1. The van der Waals surface area contributed by atoms with Gasteiger partial charge in [-0.2, -0.15) is 0 Å². The summed E-state index contributed by atoms with van der Waals surface area (Å²) in [7, 11) is 1.86. The van der Waals surface area contributed by atoms with Crippen molar-refractivity contribution in [1.82, 2.24) is 0 Å². The second-order valence-corrected chi connectivity index (χ2v) is 5.99. The highest BCUT2D eigenvalue weighted by molar-refractivity contribution is 9.10. The average Bonchev–Trinajstić information content (AvgIpc) is 2.72. The highest BCUT2D eigenvalue weighted by Gasteiger charge is 2.11. The molecule has 2 rings (SSSR count). The summed E-state index contributed by atoms with van der Waals surface area (Å²) < 4.78 is 14.8. The van der Waals surface area contributed by atoms with E-state index < -0.39 is 0 Å². The molecule has 1 heterocycles. The van der Waals surface area contributed by atoms with E-state index in [2.05, 4.69) is 22.0 Å². The van der Waals surface area contributed by atoms with Crippen molar-refractivity contribution in [2.75, 3.05) is 24.2 Å². The summed E-state index contributed by atoms with van der Waals surface area (Å²) in [4.78, 5) is 3.13. The molecule has 96 valence electrons. The highest BCUT2D eigenvalue weighted by Crippen LogP contribution is 2.26. The fraction of sp³-hybridized carbons (Fsp3) is 0.231. The normalized spacial score (nSPS) is 10.6. The summed E-state index contributed by atoms with van der Waals surface area (Å²) >= 11 is 5.12. The van der Waals surface area contributed by atoms with Gasteiger partial charge in [0.05, 0.1) is 11.4 Å². The van der Waals surface area contributed by atoms with Gasteiger partial charge in [0, 0.05) is 28.3 Å². The average molecular weight is 329 g/mol. The molecule has 0 saturated heterocycles. The van der Waals surface area contributed by atoms with Crippen molar-refractivity contribution in [3.63, 3.8) is 0 Å². The molecule has 0 fully saturated rings. The first-order valence-corrected chi connectivity index (χ1v) is 7.23. The molecule has 0 atom stereocenters. The number of halogens is 2. The smallest absolute Gasteiger partial charge is 0.148 e. The number of para-hydroxylation sites is 1. The van der Waals surface area contributed by atoms with Gasteiger partial charge in [-0.1, -0.05) is 6.07 Å². The summed E-state index contributed by atoms with van der Waals surface area (Å²) in [6.07, 6.45) is 0.876. The van der Waals surface area contributed by atoms with Crippen LogP contribution >= 0.6 is 27.3 Å². The van der Waals surface area contributed by atoms with E-state index in [9.17, 15) is 4.39 Å². The van der Waals surface area contributed by atoms with Gasteiger partial charge in [-0.3, -0.25) is 0 Å². The maximum absolute atomic E-state index is 13.7. The van der Waals surface area contributed by atoms with E-state index in [1.807, 2.05) is 17.3 Å². The van der Waals surface area contributed by atoms with E-state index in [-0.39, 0.29) is 5.82 Å². The van der Waals surface area contributed by atoms with Gasteiger partial charge in [0.15, 0.2) is 0 Å². The maximum atomic E-state index is 13.7. The highest BCUT2D eigenvalue weighted by atomic mass is 79.9. The molecule has 2 nitrogen and oxygen atoms in total. The largest absolute Gasteiger partial charge is 0.397 e. The molecule has 5 heteroatoms. The summed E-state index contributed by atoms with van der Waals surface area (Å²) in [6.45, 7) is 0.734. The van der Waals surface area contributed by atoms with Gasteiger partial charge in [-0.25, -0.2) is 4.39 Å². The Balaban J connectivity index is 2.06. The molecule has 2 N–H and O–H groups in total. The monoisotopic (exact) mass is 328 g/mol. The van der Waals surface area contributed by atoms with Crippen molar-refractivity contribution in [3.05, 3.63) is 44.8 Å². The number of anilines is 2. The lowest BCUT2D eigenvalue weighted by Crippen LogP contribution is -2.22. The molecule has 1 aromatic heterocycles. The third kappa shape index (κ3) is 3.03. The maximum Gasteiger partial charge on any atom is 0.148 e. The Hall–Kier alpha value is -1.07. The first-order valence-electron chi connectivity index (χ1n) is 5.56. The Bertz CT molecular complexity index is 521. The Labute approximate surface area is 118 Å². The van der Waals surface area contributed by atoms with Crippen molar-refractivity contribution in [3.8, 4) is 0 Å². The predicted octanol–water partition coefficient (Wildman–Crippen LogP) is 3.91. The zero-order valence-electron chi connectivity index (χ0n) is 9.99. The molecule has 0 amide bonds. The van der Waals surface area contributed by atoms with Gasteiger partial charge in [-0.15, -0.1) is 11.3 Å². The summed E-state index contributed by atoms with van der Waals surface area (Å²) in [5.74, 6) is -0.273. The van der Waals surface area contributed by atoms with Crippen molar-refractivity contribution in [2.45, 2.75) is 6.42 Å². The zero-order valence-corrected chi connectivity index (χ0v) is 12.4. The number of likely N-dealkylation sites (N-methyl/N-ethyl adjacent to an activating group) is 1. The SMILES string of the molecule is CN(CCc1cc(Br)cs1)c1c(N)cccc1F. The molecule has 0 aliphatic rings. The van der Waals surface area contributed by atoms with Crippen LogP contribution in [0, 0.1) is 5.82 Å². The Morgan fingerprint density at radius 1 is 1.44 bits per heavy atom. The summed E-state index contributed by atoms with van der Waals surface area (Å²) in [6, 6.07) is 6.86. The van der Waals surface area contributed by atoms with Crippen LogP contribution in [0.1, 0.15) is 4.88 Å². The molecule has 2 aromatic rings. The van der Waals surface area contributed by atoms with Crippen molar-refractivity contribution >= 4 is 38.6 Å².